The van der Waals surface area contributed by atoms with E-state index in [9.17, 15) is 27.9 Å². The molecule has 0 saturated carbocycles. The van der Waals surface area contributed by atoms with Gasteiger partial charge in [-0.25, -0.2) is 8.42 Å². The van der Waals surface area contributed by atoms with Gasteiger partial charge in [-0.05, 0) is 66.9 Å². The number of nitrogens with one attached hydrogen (secondary N) is 2. The molecule has 0 aliphatic carbocycles. The number of hydrogen-bond donors (Lipinski definition) is 4. The number of benzene rings is 3. The average Bonchev–Trinajstić information content (AvgIpc) is 3.55. The number of allylic oxidation sites excluding steroid dienone is 1. The Hall–Kier alpha value is -5.22. The summed E-state index contributed by atoms with van der Waals surface area (Å²) in [4.78, 5) is 38.4. The van der Waals surface area contributed by atoms with Gasteiger partial charge in [-0.2, -0.15) is 4.31 Å². The van der Waals surface area contributed by atoms with Crippen molar-refractivity contribution < 1.29 is 42.1 Å². The molecule has 0 radical (unpaired) electrons. The van der Waals surface area contributed by atoms with Gasteiger partial charge in [0.2, 0.25) is 28.1 Å². The molecule has 2 heterocycles. The van der Waals surface area contributed by atoms with Gasteiger partial charge < -0.3 is 35.7 Å². The zero-order valence-electron chi connectivity index (χ0n) is 29.7. The van der Waals surface area contributed by atoms with E-state index in [1.807, 2.05) is 24.3 Å². The lowest BCUT2D eigenvalue weighted by Crippen LogP contribution is -2.38. The first-order valence-corrected chi connectivity index (χ1v) is 18.7. The molecular weight excluding hydrogens is 703 g/mol. The summed E-state index contributed by atoms with van der Waals surface area (Å²) in [5, 5.41) is 16.1. The molecule has 53 heavy (non-hydrogen) atoms. The molecule has 2 atom stereocenters. The number of carbonyl (C=O) groups is 3. The van der Waals surface area contributed by atoms with Crippen molar-refractivity contribution in [3.63, 3.8) is 0 Å². The van der Waals surface area contributed by atoms with E-state index in [-0.39, 0.29) is 61.6 Å². The number of nitrogen functional groups attached to an aromatic ring is 1. The molecule has 15 heteroatoms. The van der Waals surface area contributed by atoms with Crippen LogP contribution in [0.3, 0.4) is 0 Å². The summed E-state index contributed by atoms with van der Waals surface area (Å²) in [6.45, 7) is 0.981. The zero-order chi connectivity index (χ0) is 38.0. The number of nitrogens with zero attached hydrogens (tertiary/aromatic N) is 2. The molecule has 3 aromatic carbocycles. The lowest BCUT2D eigenvalue weighted by atomic mass is 9.92. The molecule has 0 unspecified atom stereocenters. The van der Waals surface area contributed by atoms with Crippen LogP contribution in [-0.4, -0.2) is 86.4 Å². The number of unbranched alkanes of at least 4 members (excludes halogenated alkanes) is 1. The van der Waals surface area contributed by atoms with Crippen molar-refractivity contribution in [3.8, 4) is 5.75 Å². The Morgan fingerprint density at radius 2 is 1.75 bits per heavy atom. The summed E-state index contributed by atoms with van der Waals surface area (Å²) in [6, 6.07) is 20.4. The van der Waals surface area contributed by atoms with E-state index in [1.54, 1.807) is 41.1 Å². The van der Waals surface area contributed by atoms with Crippen LogP contribution < -0.4 is 21.1 Å². The summed E-state index contributed by atoms with van der Waals surface area (Å²) in [7, 11) is -2.50. The van der Waals surface area contributed by atoms with Crippen LogP contribution in [0.25, 0.3) is 10.9 Å². The molecule has 5 rings (SSSR count). The van der Waals surface area contributed by atoms with Crippen LogP contribution >= 0.6 is 0 Å². The molecule has 0 bridgehead atoms. The van der Waals surface area contributed by atoms with Crippen LogP contribution in [0.5, 0.6) is 5.75 Å². The minimum absolute atomic E-state index is 0.0151. The van der Waals surface area contributed by atoms with E-state index >= 15 is 0 Å². The van der Waals surface area contributed by atoms with Crippen LogP contribution in [0.2, 0.25) is 0 Å². The SMILES string of the molecule is COc1ccc(S(=O)(=O)N(CCO)CCO[C@@H]2C[C@H](c3cn(C(C)=O)c4ccccc34)C=C(C(=O)NCCCCC(=O)Nc3ccccc3N)O2)cc1. The Bertz CT molecular complexity index is 2050. The minimum Gasteiger partial charge on any atom is -0.497 e. The van der Waals surface area contributed by atoms with E-state index in [4.69, 9.17) is 19.9 Å². The van der Waals surface area contributed by atoms with Crippen LogP contribution in [0.15, 0.2) is 95.7 Å². The molecule has 0 spiro atoms. The number of fused-ring (bicyclic) bond motifs is 1. The number of ether oxygens (including phenoxy) is 3. The predicted molar refractivity (Wildman–Crippen MR) is 200 cm³/mol. The first-order valence-electron chi connectivity index (χ1n) is 17.3. The Balaban J connectivity index is 1.26. The fourth-order valence-electron chi connectivity index (χ4n) is 6.07. The molecule has 4 aromatic rings. The summed E-state index contributed by atoms with van der Waals surface area (Å²) < 4.78 is 46.7. The van der Waals surface area contributed by atoms with Gasteiger partial charge in [-0.15, -0.1) is 0 Å². The maximum Gasteiger partial charge on any atom is 0.286 e. The number of hydrogen-bond acceptors (Lipinski definition) is 10. The predicted octanol–water partition coefficient (Wildman–Crippen LogP) is 4.23. The number of carbonyl (C=O) groups excluding carboxylic acids is 3. The maximum absolute atomic E-state index is 13.4. The molecule has 14 nitrogen and oxygen atoms in total. The molecule has 0 fully saturated rings. The van der Waals surface area contributed by atoms with Crippen LogP contribution in [0.4, 0.5) is 11.4 Å². The fraction of sp³-hybridized carbons (Fsp3) is 0.342. The van der Waals surface area contributed by atoms with Crippen molar-refractivity contribution >= 4 is 50.0 Å². The Morgan fingerprint density at radius 3 is 2.47 bits per heavy atom. The van der Waals surface area contributed by atoms with Gasteiger partial charge in [-0.1, -0.05) is 30.3 Å². The molecule has 2 amide bonds. The molecule has 282 valence electrons. The third-order valence-electron chi connectivity index (χ3n) is 8.80. The number of amides is 2. The van der Waals surface area contributed by atoms with E-state index in [0.29, 0.717) is 30.0 Å². The molecule has 1 aromatic heterocycles. The van der Waals surface area contributed by atoms with Gasteiger partial charge in [0.25, 0.3) is 5.91 Å². The van der Waals surface area contributed by atoms with Gasteiger partial charge in [0.1, 0.15) is 5.75 Å². The fourth-order valence-corrected chi connectivity index (χ4v) is 7.48. The highest BCUT2D eigenvalue weighted by Crippen LogP contribution is 2.36. The van der Waals surface area contributed by atoms with Crippen LogP contribution in [-0.2, 0) is 29.1 Å². The van der Waals surface area contributed by atoms with Crippen molar-refractivity contribution in [2.45, 2.75) is 49.7 Å². The maximum atomic E-state index is 13.4. The number of nitrogens with two attached hydrogens (primary N) is 1. The van der Waals surface area contributed by atoms with Gasteiger partial charge in [-0.3, -0.25) is 19.0 Å². The Kier molecular flexibility index (Phi) is 13.3. The molecular formula is C38H45N5O9S. The summed E-state index contributed by atoms with van der Waals surface area (Å²) in [5.74, 6) is -0.718. The smallest absolute Gasteiger partial charge is 0.286 e. The molecule has 0 saturated heterocycles. The lowest BCUT2D eigenvalue weighted by molar-refractivity contribution is -0.146. The van der Waals surface area contributed by atoms with Crippen molar-refractivity contribution in [2.75, 3.05) is 51.0 Å². The number of para-hydroxylation sites is 3. The topological polar surface area (TPSA) is 192 Å². The number of sulfonamides is 1. The second-order valence-corrected chi connectivity index (χ2v) is 14.4. The second kappa shape index (κ2) is 18.0. The van der Waals surface area contributed by atoms with E-state index < -0.39 is 34.7 Å². The van der Waals surface area contributed by atoms with Crippen molar-refractivity contribution in [3.05, 3.63) is 96.4 Å². The van der Waals surface area contributed by atoms with Gasteiger partial charge in [0.05, 0.1) is 42.1 Å². The quantitative estimate of drug-likeness (QED) is 0.0898. The first-order chi connectivity index (χ1) is 25.5. The average molecular weight is 748 g/mol. The standard InChI is InChI=1S/C38H45N5O9S/c1-26(45)43-25-31(30-9-3-6-12-34(30)43)27-23-35(38(47)40-18-8-7-13-36(46)41-33-11-5-4-10-32(33)39)52-37(24-27)51-22-20-42(19-21-44)53(48,49)29-16-14-28(50-2)15-17-29/h3-6,9-12,14-17,23,25,27,37,44H,7-8,13,18-22,24,39H2,1-2H3,(H,40,47)(H,41,46)/t27-,37+/m1/s1. The number of aliphatic hydroxyl groups excluding tert-OH is 1. The lowest BCUT2D eigenvalue weighted by Gasteiger charge is -2.30. The highest BCUT2D eigenvalue weighted by atomic mass is 32.2. The molecule has 5 N–H and O–H groups in total. The highest BCUT2D eigenvalue weighted by Gasteiger charge is 2.32. The van der Waals surface area contributed by atoms with Gasteiger partial charge in [0, 0.05) is 56.9 Å². The minimum atomic E-state index is -3.98. The van der Waals surface area contributed by atoms with Crippen LogP contribution in [0.1, 0.15) is 48.9 Å². The first kappa shape index (κ1) is 39.0. The van der Waals surface area contributed by atoms with Crippen molar-refractivity contribution in [1.82, 2.24) is 14.2 Å². The Morgan fingerprint density at radius 1 is 1.02 bits per heavy atom. The van der Waals surface area contributed by atoms with E-state index in [1.165, 1.54) is 38.3 Å². The van der Waals surface area contributed by atoms with E-state index in [2.05, 4.69) is 10.6 Å². The third kappa shape index (κ3) is 9.81. The second-order valence-electron chi connectivity index (χ2n) is 12.4. The number of aliphatic hydroxyl groups is 1. The van der Waals surface area contributed by atoms with E-state index in [0.717, 1.165) is 20.8 Å². The normalized spacial score (nSPS) is 15.8. The molecule has 1 aliphatic rings. The van der Waals surface area contributed by atoms with Gasteiger partial charge >= 0.3 is 0 Å². The van der Waals surface area contributed by atoms with Crippen molar-refractivity contribution in [1.29, 1.82) is 0 Å². The number of aromatic nitrogens is 1. The Labute approximate surface area is 308 Å². The van der Waals surface area contributed by atoms with Gasteiger partial charge in [0.15, 0.2) is 5.76 Å². The summed E-state index contributed by atoms with van der Waals surface area (Å²) in [6.07, 6.45) is 4.06. The monoisotopic (exact) mass is 747 g/mol. The number of anilines is 2. The largest absolute Gasteiger partial charge is 0.497 e. The third-order valence-corrected chi connectivity index (χ3v) is 10.7. The van der Waals surface area contributed by atoms with Crippen molar-refractivity contribution in [2.24, 2.45) is 0 Å². The summed E-state index contributed by atoms with van der Waals surface area (Å²) in [5.41, 5.74) is 8.44. The zero-order valence-corrected chi connectivity index (χ0v) is 30.5. The summed E-state index contributed by atoms with van der Waals surface area (Å²) >= 11 is 0. The number of methoxy groups -OCH3 is 1. The molecule has 1 aliphatic heterocycles. The highest BCUT2D eigenvalue weighted by molar-refractivity contribution is 7.89. The number of rotatable bonds is 17. The van der Waals surface area contributed by atoms with Crippen LogP contribution in [0, 0.1) is 0 Å².